The second kappa shape index (κ2) is 24.1. The van der Waals surface area contributed by atoms with Crippen LogP contribution in [-0.2, 0) is 52.8 Å². The second-order valence-electron chi connectivity index (χ2n) is 16.1. The van der Waals surface area contributed by atoms with Crippen molar-refractivity contribution in [1.29, 1.82) is 0 Å². The summed E-state index contributed by atoms with van der Waals surface area (Å²) in [5.41, 5.74) is 4.60. The Labute approximate surface area is 387 Å². The molecular formula is C51H54N6O8S. The first-order valence-corrected chi connectivity index (χ1v) is 22.8. The van der Waals surface area contributed by atoms with Crippen LogP contribution < -0.4 is 31.9 Å². The van der Waals surface area contributed by atoms with Crippen molar-refractivity contribution in [2.75, 3.05) is 11.9 Å². The number of rotatable bonds is 14. The number of thiophene rings is 1. The summed E-state index contributed by atoms with van der Waals surface area (Å²) in [5.74, 6) is -4.57. The van der Waals surface area contributed by atoms with E-state index in [4.69, 9.17) is 5.11 Å². The lowest BCUT2D eigenvalue weighted by Crippen LogP contribution is -2.59. The lowest BCUT2D eigenvalue weighted by atomic mass is 9.95. The van der Waals surface area contributed by atoms with Crippen molar-refractivity contribution in [3.63, 3.8) is 0 Å². The number of carboxylic acids is 1. The van der Waals surface area contributed by atoms with E-state index in [0.29, 0.717) is 36.1 Å². The normalized spacial score (nSPS) is 18.6. The Morgan fingerprint density at radius 3 is 2.03 bits per heavy atom. The molecule has 7 N–H and O–H groups in total. The van der Waals surface area contributed by atoms with Crippen molar-refractivity contribution in [3.8, 4) is 11.1 Å². The maximum Gasteiger partial charge on any atom is 0.303 e. The Hall–Kier alpha value is -7.39. The highest BCUT2D eigenvalue weighted by Gasteiger charge is 2.33. The van der Waals surface area contributed by atoms with Crippen LogP contribution in [-0.4, -0.2) is 77.2 Å². The van der Waals surface area contributed by atoms with Crippen LogP contribution in [0.3, 0.4) is 0 Å². The van der Waals surface area contributed by atoms with Crippen molar-refractivity contribution in [3.05, 3.63) is 155 Å². The second-order valence-corrected chi connectivity index (χ2v) is 17.1. The first-order valence-electron chi connectivity index (χ1n) is 21.9. The van der Waals surface area contributed by atoms with Crippen molar-refractivity contribution in [1.82, 2.24) is 26.6 Å². The molecule has 3 heterocycles. The SMILES string of the molecule is C=C(c1ccc(-c2ccccc2)cc1)C1NC(=O)C(Cc2cccs2)NC(=O)CCC(=O)Nc2ccc(cc2)CC(C(=O)NCCCCC(=O)O)NC(=O)C(CCc2ccccc2)NC1=O. The van der Waals surface area contributed by atoms with Crippen molar-refractivity contribution in [2.24, 2.45) is 0 Å². The molecule has 6 amide bonds. The Bertz CT molecular complexity index is 2460. The number of carbonyl (C=O) groups excluding carboxylic acids is 6. The zero-order valence-electron chi connectivity index (χ0n) is 36.4. The van der Waals surface area contributed by atoms with E-state index in [0.717, 1.165) is 21.6 Å². The van der Waals surface area contributed by atoms with Gasteiger partial charge < -0.3 is 37.0 Å². The molecule has 4 aromatic carbocycles. The third-order valence-electron chi connectivity index (χ3n) is 11.1. The van der Waals surface area contributed by atoms with Crippen LogP contribution in [0.25, 0.3) is 16.7 Å². The highest BCUT2D eigenvalue weighted by Crippen LogP contribution is 2.24. The Morgan fingerprint density at radius 2 is 1.35 bits per heavy atom. The first-order chi connectivity index (χ1) is 31.9. The molecule has 15 heteroatoms. The van der Waals surface area contributed by atoms with Crippen LogP contribution >= 0.6 is 11.3 Å². The number of amides is 6. The molecule has 7 rings (SSSR count). The van der Waals surface area contributed by atoms with E-state index in [9.17, 15) is 33.6 Å². The van der Waals surface area contributed by atoms with Crippen LogP contribution in [0.4, 0.5) is 5.69 Å². The molecule has 0 saturated carbocycles. The fourth-order valence-corrected chi connectivity index (χ4v) is 8.19. The molecule has 66 heavy (non-hydrogen) atoms. The van der Waals surface area contributed by atoms with Gasteiger partial charge in [0.1, 0.15) is 24.2 Å². The molecule has 2 aliphatic rings. The van der Waals surface area contributed by atoms with Gasteiger partial charge in [0.05, 0.1) is 0 Å². The number of anilines is 1. The topological polar surface area (TPSA) is 212 Å². The molecule has 0 spiro atoms. The van der Waals surface area contributed by atoms with Crippen LogP contribution in [0, 0.1) is 0 Å². The molecule has 5 aromatic rings. The molecule has 2 bridgehead atoms. The van der Waals surface area contributed by atoms with Crippen molar-refractivity contribution >= 4 is 64.0 Å². The van der Waals surface area contributed by atoms with Gasteiger partial charge in [0.25, 0.3) is 0 Å². The zero-order valence-corrected chi connectivity index (χ0v) is 37.2. The van der Waals surface area contributed by atoms with Gasteiger partial charge in [-0.3, -0.25) is 33.6 Å². The van der Waals surface area contributed by atoms with E-state index in [1.54, 1.807) is 36.4 Å². The van der Waals surface area contributed by atoms with E-state index in [1.165, 1.54) is 11.3 Å². The maximum atomic E-state index is 14.8. The average Bonchev–Trinajstić information content (AvgIpc) is 3.84. The van der Waals surface area contributed by atoms with E-state index in [1.807, 2.05) is 90.3 Å². The number of benzene rings is 4. The monoisotopic (exact) mass is 910 g/mol. The van der Waals surface area contributed by atoms with E-state index in [-0.39, 0.29) is 50.6 Å². The third kappa shape index (κ3) is 14.6. The molecule has 0 fully saturated rings. The number of carboxylic acid groups (broad SMARTS) is 1. The quantitative estimate of drug-likeness (QED) is 0.0550. The summed E-state index contributed by atoms with van der Waals surface area (Å²) in [6, 6.07) is 31.8. The van der Waals surface area contributed by atoms with Crippen molar-refractivity contribution < 1.29 is 38.7 Å². The average molecular weight is 911 g/mol. The molecule has 0 saturated heterocycles. The molecule has 4 unspecified atom stereocenters. The number of nitrogens with one attached hydrogen (secondary N) is 6. The summed E-state index contributed by atoms with van der Waals surface area (Å²) < 4.78 is 0. The number of carbonyl (C=O) groups is 7. The molecule has 14 nitrogen and oxygen atoms in total. The largest absolute Gasteiger partial charge is 0.481 e. The third-order valence-corrected chi connectivity index (χ3v) is 12.0. The maximum absolute atomic E-state index is 14.8. The lowest BCUT2D eigenvalue weighted by Gasteiger charge is -2.28. The predicted octanol–water partition coefficient (Wildman–Crippen LogP) is 5.59. The molecular weight excluding hydrogens is 857 g/mol. The van der Waals surface area contributed by atoms with Crippen LogP contribution in [0.2, 0.25) is 0 Å². The summed E-state index contributed by atoms with van der Waals surface area (Å²) in [5, 5.41) is 27.8. The number of aliphatic carboxylic acids is 1. The van der Waals surface area contributed by atoms with Gasteiger partial charge in [-0.15, -0.1) is 11.3 Å². The fourth-order valence-electron chi connectivity index (χ4n) is 7.44. The summed E-state index contributed by atoms with van der Waals surface area (Å²) in [6.07, 6.45) is 0.842. The number of hydrogen-bond donors (Lipinski definition) is 7. The minimum absolute atomic E-state index is 0.0283. The van der Waals surface area contributed by atoms with Gasteiger partial charge in [0.15, 0.2) is 0 Å². The number of hydrogen-bond acceptors (Lipinski definition) is 8. The summed E-state index contributed by atoms with van der Waals surface area (Å²) in [7, 11) is 0. The van der Waals surface area contributed by atoms with Gasteiger partial charge >= 0.3 is 5.97 Å². The predicted molar refractivity (Wildman–Crippen MR) is 254 cm³/mol. The molecule has 2 aliphatic heterocycles. The smallest absolute Gasteiger partial charge is 0.303 e. The van der Waals surface area contributed by atoms with Crippen LogP contribution in [0.5, 0.6) is 0 Å². The Balaban J connectivity index is 1.35. The minimum atomic E-state index is -1.45. The van der Waals surface area contributed by atoms with Gasteiger partial charge in [0.2, 0.25) is 35.4 Å². The van der Waals surface area contributed by atoms with Gasteiger partial charge in [-0.05, 0) is 82.7 Å². The van der Waals surface area contributed by atoms with Gasteiger partial charge in [-0.1, -0.05) is 110 Å². The van der Waals surface area contributed by atoms with Crippen molar-refractivity contribution in [2.45, 2.75) is 82.0 Å². The fraction of sp³-hybridized carbons (Fsp3) is 0.275. The Kier molecular flexibility index (Phi) is 17.5. The van der Waals surface area contributed by atoms with Crippen LogP contribution in [0.15, 0.2) is 133 Å². The summed E-state index contributed by atoms with van der Waals surface area (Å²) in [6.45, 7) is 4.44. The zero-order chi connectivity index (χ0) is 46.8. The van der Waals surface area contributed by atoms with E-state index >= 15 is 0 Å². The number of unbranched alkanes of at least 4 members (excludes halogenated alkanes) is 1. The molecule has 4 atom stereocenters. The van der Waals surface area contributed by atoms with Gasteiger partial charge in [-0.25, -0.2) is 0 Å². The highest BCUT2D eigenvalue weighted by atomic mass is 32.1. The van der Waals surface area contributed by atoms with E-state index < -0.39 is 65.6 Å². The molecule has 0 aliphatic carbocycles. The van der Waals surface area contributed by atoms with Gasteiger partial charge in [0, 0.05) is 49.2 Å². The first kappa shape index (κ1) is 48.1. The van der Waals surface area contributed by atoms with Crippen LogP contribution in [0.1, 0.15) is 60.1 Å². The van der Waals surface area contributed by atoms with E-state index in [2.05, 4.69) is 38.5 Å². The lowest BCUT2D eigenvalue weighted by molar-refractivity contribution is -0.137. The minimum Gasteiger partial charge on any atom is -0.481 e. The molecule has 1 aromatic heterocycles. The number of fused-ring (bicyclic) bond motifs is 18. The summed E-state index contributed by atoms with van der Waals surface area (Å²) >= 11 is 1.39. The number of aryl methyl sites for hydroxylation is 1. The summed E-state index contributed by atoms with van der Waals surface area (Å²) in [4.78, 5) is 95.8. The standard InChI is InChI=1S/C51H54N6O8S/c1-33(36-20-22-38(23-21-36)37-13-6-3-7-14-37)47-51(65)55-41(26-19-34-11-4-2-5-12-34)49(63)56-42(48(62)52-29-9-8-16-46(60)61)31-35-17-24-39(25-18-35)53-44(58)27-28-45(59)54-43(50(64)57-47)32-40-15-10-30-66-40/h2-7,10-15,17-18,20-25,30,41-43,47H,1,8-9,16,19,26-29,31-32H2,(H,52,62)(H,53,58)(H,54,59)(H,55,65)(H,56,63)(H,57,64)(H,60,61). The highest BCUT2D eigenvalue weighted by molar-refractivity contribution is 7.09. The van der Waals surface area contributed by atoms with Gasteiger partial charge in [-0.2, -0.15) is 0 Å². The molecule has 0 radical (unpaired) electrons. The Morgan fingerprint density at radius 1 is 0.682 bits per heavy atom. The molecule has 342 valence electrons.